The van der Waals surface area contributed by atoms with Crippen molar-refractivity contribution in [1.82, 2.24) is 9.55 Å². The quantitative estimate of drug-likeness (QED) is 0.414. The lowest BCUT2D eigenvalue weighted by molar-refractivity contribution is 0.783. The lowest BCUT2D eigenvalue weighted by atomic mass is 10.0. The van der Waals surface area contributed by atoms with Gasteiger partial charge in [0.05, 0.1) is 6.33 Å². The summed E-state index contributed by atoms with van der Waals surface area (Å²) in [5.74, 6) is 0.823. The summed E-state index contributed by atoms with van der Waals surface area (Å²) in [6, 6.07) is 14.3. The van der Waals surface area contributed by atoms with Gasteiger partial charge in [-0.15, -0.1) is 11.8 Å². The van der Waals surface area contributed by atoms with Gasteiger partial charge >= 0.3 is 0 Å². The van der Waals surface area contributed by atoms with Crippen molar-refractivity contribution in [3.63, 3.8) is 0 Å². The van der Waals surface area contributed by atoms with Crippen molar-refractivity contribution < 1.29 is 0 Å². The van der Waals surface area contributed by atoms with Crippen LogP contribution in [0.15, 0.2) is 71.7 Å². The standard InChI is InChI=1S/C21H20Cl2N2S/c1-15(12-25-10-9-24-14-25)16(2)17-4-7-20(8-5-17)26-13-18-3-6-19(22)11-21(18)23/h3-11,14H,12-13H2,1-2H3. The molecule has 0 unspecified atom stereocenters. The Bertz CT molecular complexity index is 900. The van der Waals surface area contributed by atoms with Crippen molar-refractivity contribution in [1.29, 1.82) is 0 Å². The Morgan fingerprint density at radius 2 is 1.85 bits per heavy atom. The van der Waals surface area contributed by atoms with Gasteiger partial charge in [0.15, 0.2) is 0 Å². The smallest absolute Gasteiger partial charge is 0.0948 e. The van der Waals surface area contributed by atoms with Gasteiger partial charge in [0.1, 0.15) is 0 Å². The lowest BCUT2D eigenvalue weighted by Gasteiger charge is -2.10. The van der Waals surface area contributed by atoms with E-state index in [1.807, 2.05) is 30.9 Å². The normalized spacial score (nSPS) is 12.2. The summed E-state index contributed by atoms with van der Waals surface area (Å²) < 4.78 is 2.08. The minimum absolute atomic E-state index is 0.668. The molecule has 0 saturated carbocycles. The SMILES string of the molecule is CC(Cn1ccnc1)=C(C)c1ccc(SCc2ccc(Cl)cc2Cl)cc1. The van der Waals surface area contributed by atoms with Gasteiger partial charge in [0, 0.05) is 39.6 Å². The highest BCUT2D eigenvalue weighted by atomic mass is 35.5. The predicted molar refractivity (Wildman–Crippen MR) is 113 cm³/mol. The first kappa shape index (κ1) is 19.1. The molecule has 26 heavy (non-hydrogen) atoms. The Hall–Kier alpha value is -1.68. The molecule has 0 atom stereocenters. The molecule has 0 aliphatic rings. The number of halogens is 2. The summed E-state index contributed by atoms with van der Waals surface area (Å²) in [4.78, 5) is 5.32. The maximum atomic E-state index is 6.25. The number of imidazole rings is 1. The second-order valence-corrected chi connectivity index (χ2v) is 8.08. The molecule has 0 fully saturated rings. The van der Waals surface area contributed by atoms with Gasteiger partial charge in [-0.25, -0.2) is 4.98 Å². The summed E-state index contributed by atoms with van der Waals surface area (Å²) in [5, 5.41) is 1.39. The summed E-state index contributed by atoms with van der Waals surface area (Å²) in [5.41, 5.74) is 4.97. The summed E-state index contributed by atoms with van der Waals surface area (Å²) in [7, 11) is 0. The van der Waals surface area contributed by atoms with E-state index in [2.05, 4.69) is 47.7 Å². The zero-order valence-corrected chi connectivity index (χ0v) is 17.1. The molecule has 3 rings (SSSR count). The number of thioether (sulfide) groups is 1. The van der Waals surface area contributed by atoms with Crippen molar-refractivity contribution in [2.75, 3.05) is 0 Å². The molecule has 0 spiro atoms. The second-order valence-electron chi connectivity index (χ2n) is 6.19. The van der Waals surface area contributed by atoms with E-state index in [0.29, 0.717) is 5.02 Å². The van der Waals surface area contributed by atoms with E-state index in [1.165, 1.54) is 21.6 Å². The van der Waals surface area contributed by atoms with E-state index in [1.54, 1.807) is 17.8 Å². The third-order valence-corrected chi connectivity index (χ3v) is 5.96. The predicted octanol–water partition coefficient (Wildman–Crippen LogP) is 6.98. The van der Waals surface area contributed by atoms with Crippen molar-refractivity contribution >= 4 is 40.5 Å². The van der Waals surface area contributed by atoms with Crippen LogP contribution in [0.5, 0.6) is 0 Å². The molecule has 2 nitrogen and oxygen atoms in total. The first-order valence-corrected chi connectivity index (χ1v) is 10.1. The Morgan fingerprint density at radius 1 is 1.08 bits per heavy atom. The molecule has 0 bridgehead atoms. The van der Waals surface area contributed by atoms with Crippen LogP contribution in [0.3, 0.4) is 0 Å². The molecular formula is C21H20Cl2N2S. The molecule has 0 radical (unpaired) electrons. The fourth-order valence-electron chi connectivity index (χ4n) is 2.62. The highest BCUT2D eigenvalue weighted by Crippen LogP contribution is 2.29. The number of hydrogen-bond acceptors (Lipinski definition) is 2. The van der Waals surface area contributed by atoms with Crippen LogP contribution >= 0.6 is 35.0 Å². The van der Waals surface area contributed by atoms with Gasteiger partial charge in [-0.05, 0) is 54.8 Å². The van der Waals surface area contributed by atoms with Gasteiger partial charge < -0.3 is 4.57 Å². The van der Waals surface area contributed by atoms with E-state index >= 15 is 0 Å². The Morgan fingerprint density at radius 3 is 2.50 bits per heavy atom. The van der Waals surface area contributed by atoms with Crippen LogP contribution in [0.1, 0.15) is 25.0 Å². The molecule has 5 heteroatoms. The molecule has 1 heterocycles. The number of nitrogens with zero attached hydrogens (tertiary/aromatic N) is 2. The van der Waals surface area contributed by atoms with Crippen LogP contribution in [0.2, 0.25) is 10.0 Å². The van der Waals surface area contributed by atoms with Crippen LogP contribution in [0.4, 0.5) is 0 Å². The van der Waals surface area contributed by atoms with Crippen LogP contribution in [0, 0.1) is 0 Å². The average molecular weight is 403 g/mol. The van der Waals surface area contributed by atoms with Gasteiger partial charge in [-0.3, -0.25) is 0 Å². The zero-order chi connectivity index (χ0) is 18.5. The van der Waals surface area contributed by atoms with Crippen molar-refractivity contribution in [2.24, 2.45) is 0 Å². The average Bonchev–Trinajstić information content (AvgIpc) is 3.14. The van der Waals surface area contributed by atoms with Gasteiger partial charge in [-0.1, -0.05) is 47.0 Å². The van der Waals surface area contributed by atoms with E-state index in [4.69, 9.17) is 23.2 Å². The maximum absolute atomic E-state index is 6.25. The maximum Gasteiger partial charge on any atom is 0.0948 e. The summed E-state index contributed by atoms with van der Waals surface area (Å²) in [6.45, 7) is 5.19. The molecule has 0 aliphatic heterocycles. The van der Waals surface area contributed by atoms with Gasteiger partial charge in [0.25, 0.3) is 0 Å². The summed E-state index contributed by atoms with van der Waals surface area (Å²) in [6.07, 6.45) is 5.64. The third-order valence-electron chi connectivity index (χ3n) is 4.32. The van der Waals surface area contributed by atoms with E-state index < -0.39 is 0 Å². The Kier molecular flexibility index (Phi) is 6.47. The number of rotatable bonds is 6. The molecule has 134 valence electrons. The van der Waals surface area contributed by atoms with Crippen LogP contribution in [-0.2, 0) is 12.3 Å². The van der Waals surface area contributed by atoms with Crippen LogP contribution < -0.4 is 0 Å². The van der Waals surface area contributed by atoms with Crippen LogP contribution in [0.25, 0.3) is 5.57 Å². The first-order valence-electron chi connectivity index (χ1n) is 8.32. The van der Waals surface area contributed by atoms with Crippen LogP contribution in [-0.4, -0.2) is 9.55 Å². The number of aromatic nitrogens is 2. The number of benzene rings is 2. The Labute approximate surface area is 168 Å². The monoisotopic (exact) mass is 402 g/mol. The van der Waals surface area contributed by atoms with E-state index in [-0.39, 0.29) is 0 Å². The minimum Gasteiger partial charge on any atom is -0.333 e. The van der Waals surface area contributed by atoms with E-state index in [0.717, 1.165) is 22.9 Å². The topological polar surface area (TPSA) is 17.8 Å². The van der Waals surface area contributed by atoms with Crippen molar-refractivity contribution in [3.8, 4) is 0 Å². The Balaban J connectivity index is 1.66. The summed E-state index contributed by atoms with van der Waals surface area (Å²) >= 11 is 14.0. The van der Waals surface area contributed by atoms with Crippen molar-refractivity contribution in [2.45, 2.75) is 31.0 Å². The molecular weight excluding hydrogens is 383 g/mol. The number of allylic oxidation sites excluding steroid dienone is 2. The molecule has 0 aliphatic carbocycles. The minimum atomic E-state index is 0.668. The zero-order valence-electron chi connectivity index (χ0n) is 14.7. The van der Waals surface area contributed by atoms with Gasteiger partial charge in [0.2, 0.25) is 0 Å². The first-order chi connectivity index (χ1) is 12.5. The third kappa shape index (κ3) is 4.94. The van der Waals surface area contributed by atoms with Crippen molar-refractivity contribution in [3.05, 3.63) is 87.9 Å². The molecule has 1 aromatic heterocycles. The highest BCUT2D eigenvalue weighted by molar-refractivity contribution is 7.98. The fourth-order valence-corrected chi connectivity index (χ4v) is 4.08. The van der Waals surface area contributed by atoms with E-state index in [9.17, 15) is 0 Å². The molecule has 3 aromatic rings. The molecule has 0 saturated heterocycles. The molecule has 0 N–H and O–H groups in total. The molecule has 2 aromatic carbocycles. The molecule has 0 amide bonds. The van der Waals surface area contributed by atoms with Gasteiger partial charge in [-0.2, -0.15) is 0 Å². The highest BCUT2D eigenvalue weighted by Gasteiger charge is 2.05. The largest absolute Gasteiger partial charge is 0.333 e. The number of hydrogen-bond donors (Lipinski definition) is 0. The second kappa shape index (κ2) is 8.81. The lowest BCUT2D eigenvalue weighted by Crippen LogP contribution is -1.98. The fraction of sp³-hybridized carbons (Fsp3) is 0.190.